The lowest BCUT2D eigenvalue weighted by atomic mass is 9.82. The van der Waals surface area contributed by atoms with E-state index in [0.29, 0.717) is 19.1 Å². The summed E-state index contributed by atoms with van der Waals surface area (Å²) in [6, 6.07) is 7.43. The van der Waals surface area contributed by atoms with E-state index < -0.39 is 10.0 Å². The third kappa shape index (κ3) is 5.08. The van der Waals surface area contributed by atoms with E-state index in [0.717, 1.165) is 70.0 Å². The summed E-state index contributed by atoms with van der Waals surface area (Å²) in [7, 11) is -3.41. The molecule has 0 spiro atoms. The Kier molecular flexibility index (Phi) is 6.95. The summed E-state index contributed by atoms with van der Waals surface area (Å²) in [4.78, 5) is 15.1. The average Bonchev–Trinajstić information content (AvgIpc) is 3.38. The van der Waals surface area contributed by atoms with Gasteiger partial charge in [0.15, 0.2) is 6.61 Å². The van der Waals surface area contributed by atoms with Crippen molar-refractivity contribution in [1.82, 2.24) is 9.62 Å². The first-order chi connectivity index (χ1) is 16.0. The molecule has 1 N–H and O–H groups in total. The third-order valence-electron chi connectivity index (χ3n) is 8.04. The van der Waals surface area contributed by atoms with Crippen molar-refractivity contribution in [2.24, 2.45) is 0 Å². The van der Waals surface area contributed by atoms with Crippen LogP contribution in [0.4, 0.5) is 0 Å². The van der Waals surface area contributed by atoms with Gasteiger partial charge in [-0.25, -0.2) is 13.1 Å². The fourth-order valence-electron chi connectivity index (χ4n) is 6.16. The first-order valence-electron chi connectivity index (χ1n) is 12.7. The van der Waals surface area contributed by atoms with E-state index in [1.807, 2.05) is 18.2 Å². The molecular weight excluding hydrogens is 440 g/mol. The molecule has 2 atom stereocenters. The topological polar surface area (TPSA) is 84.9 Å². The van der Waals surface area contributed by atoms with Gasteiger partial charge in [-0.15, -0.1) is 0 Å². The number of carbonyl (C=O) groups excluding carboxylic acids is 1. The Morgan fingerprint density at radius 3 is 2.48 bits per heavy atom. The van der Waals surface area contributed by atoms with Crippen LogP contribution in [0.3, 0.4) is 0 Å². The lowest BCUT2D eigenvalue weighted by Crippen LogP contribution is -2.60. The normalized spacial score (nSPS) is 31.6. The number of hydrogen-bond donors (Lipinski definition) is 1. The summed E-state index contributed by atoms with van der Waals surface area (Å²) >= 11 is 0. The second-order valence-corrected chi connectivity index (χ2v) is 12.1. The maximum absolute atomic E-state index is 13.3. The molecule has 1 amide bonds. The number of benzene rings is 1. The summed E-state index contributed by atoms with van der Waals surface area (Å²) in [5.74, 6) is 1.11. The van der Waals surface area contributed by atoms with Crippen LogP contribution in [0, 0.1) is 0 Å². The molecule has 33 heavy (non-hydrogen) atoms. The number of rotatable bonds is 3. The number of fused-ring (bicyclic) bond motifs is 5. The molecule has 6 rings (SSSR count). The Bertz CT molecular complexity index is 938. The highest BCUT2D eigenvalue weighted by Crippen LogP contribution is 2.39. The van der Waals surface area contributed by atoms with Gasteiger partial charge in [-0.05, 0) is 68.9 Å². The predicted octanol–water partition coefficient (Wildman–Crippen LogP) is 3.34. The summed E-state index contributed by atoms with van der Waals surface area (Å²) in [5, 5.41) is -0.311. The van der Waals surface area contributed by atoms with E-state index in [4.69, 9.17) is 9.47 Å². The number of sulfonamides is 1. The molecule has 7 nitrogen and oxygen atoms in total. The molecule has 1 aromatic rings. The standard InChI is InChI=1S/C25H36N2O5S/c28-25-17-32-24-10-4-3-8-21(24)18-11-13-19(14-12-18)31-16-23-22(9-5-15-27(23)25)26-33(29,30)20-6-1-2-7-20/h3-4,8,10,18-20,22-23,26H,1-2,5-7,9,11-17H2/t18?,19?,22-,23?/m0/s1. The molecule has 2 saturated carbocycles. The molecule has 1 aromatic carbocycles. The average molecular weight is 477 g/mol. The molecule has 0 aromatic heterocycles. The van der Waals surface area contributed by atoms with E-state index >= 15 is 0 Å². The largest absolute Gasteiger partial charge is 0.483 e. The molecule has 3 heterocycles. The number of nitrogens with zero attached hydrogens (tertiary/aromatic N) is 1. The van der Waals surface area contributed by atoms with Crippen LogP contribution in [-0.4, -0.2) is 62.4 Å². The zero-order chi connectivity index (χ0) is 22.8. The van der Waals surface area contributed by atoms with E-state index in [1.165, 1.54) is 5.56 Å². The smallest absolute Gasteiger partial charge is 0.260 e. The van der Waals surface area contributed by atoms with Crippen LogP contribution in [-0.2, 0) is 19.6 Å². The van der Waals surface area contributed by atoms with E-state index in [-0.39, 0.29) is 36.0 Å². The van der Waals surface area contributed by atoms with Gasteiger partial charge in [0, 0.05) is 12.6 Å². The summed E-state index contributed by atoms with van der Waals surface area (Å²) in [6.07, 6.45) is 9.03. The minimum absolute atomic E-state index is 0.0360. The van der Waals surface area contributed by atoms with E-state index in [2.05, 4.69) is 10.8 Å². The minimum Gasteiger partial charge on any atom is -0.483 e. The van der Waals surface area contributed by atoms with Crippen LogP contribution in [0.5, 0.6) is 5.75 Å². The summed E-state index contributed by atoms with van der Waals surface area (Å²) < 4.78 is 41.5. The highest BCUT2D eigenvalue weighted by molar-refractivity contribution is 7.90. The number of para-hydroxylation sites is 1. The Balaban J connectivity index is 1.38. The zero-order valence-electron chi connectivity index (χ0n) is 19.3. The molecule has 2 aliphatic carbocycles. The minimum atomic E-state index is -3.41. The van der Waals surface area contributed by atoms with Crippen molar-refractivity contribution in [2.75, 3.05) is 19.8 Å². The molecule has 182 valence electrons. The number of amides is 1. The predicted molar refractivity (Wildman–Crippen MR) is 126 cm³/mol. The fourth-order valence-corrected chi connectivity index (χ4v) is 8.01. The number of carbonyl (C=O) groups is 1. The van der Waals surface area contributed by atoms with Crippen molar-refractivity contribution < 1.29 is 22.7 Å². The number of hydrogen-bond acceptors (Lipinski definition) is 5. The van der Waals surface area contributed by atoms with E-state index in [9.17, 15) is 13.2 Å². The highest BCUT2D eigenvalue weighted by atomic mass is 32.2. The lowest BCUT2D eigenvalue weighted by Gasteiger charge is -2.42. The van der Waals surface area contributed by atoms with Crippen molar-refractivity contribution in [1.29, 1.82) is 0 Å². The van der Waals surface area contributed by atoms with Gasteiger partial charge in [-0.3, -0.25) is 4.79 Å². The Labute approximate surface area is 197 Å². The van der Waals surface area contributed by atoms with Crippen molar-refractivity contribution in [2.45, 2.75) is 93.6 Å². The van der Waals surface area contributed by atoms with Crippen LogP contribution in [0.1, 0.15) is 75.7 Å². The van der Waals surface area contributed by atoms with E-state index in [1.54, 1.807) is 4.90 Å². The summed E-state index contributed by atoms with van der Waals surface area (Å²) in [5.41, 5.74) is 1.18. The molecule has 2 bridgehead atoms. The summed E-state index contributed by atoms with van der Waals surface area (Å²) in [6.45, 7) is 0.935. The van der Waals surface area contributed by atoms with Gasteiger partial charge in [0.25, 0.3) is 5.91 Å². The Hall–Kier alpha value is -1.64. The molecule has 5 aliphatic rings. The monoisotopic (exact) mass is 476 g/mol. The van der Waals surface area contributed by atoms with Crippen LogP contribution in [0.2, 0.25) is 0 Å². The SMILES string of the molecule is O=C1COc2ccccc2C2CCC(CC2)OCC2[C@@H](NS(=O)(=O)C3CCCC3)CCCN12. The molecule has 1 saturated heterocycles. The Morgan fingerprint density at radius 2 is 1.70 bits per heavy atom. The molecule has 8 heteroatoms. The molecule has 1 unspecified atom stereocenters. The van der Waals surface area contributed by atoms with Crippen molar-refractivity contribution in [3.8, 4) is 5.75 Å². The first kappa shape index (κ1) is 23.1. The first-order valence-corrected chi connectivity index (χ1v) is 14.2. The van der Waals surface area contributed by atoms with Gasteiger partial charge in [0.2, 0.25) is 10.0 Å². The highest BCUT2D eigenvalue weighted by Gasteiger charge is 2.40. The second-order valence-electron chi connectivity index (χ2n) is 10.1. The number of nitrogens with one attached hydrogen (secondary N) is 1. The molecular formula is C25H36N2O5S. The number of piperidine rings is 1. The second kappa shape index (κ2) is 9.92. The van der Waals surface area contributed by atoms with Gasteiger partial charge in [0.1, 0.15) is 5.75 Å². The van der Waals surface area contributed by atoms with Crippen molar-refractivity contribution in [3.05, 3.63) is 29.8 Å². The zero-order valence-corrected chi connectivity index (χ0v) is 20.1. The maximum atomic E-state index is 13.3. The van der Waals surface area contributed by atoms with Crippen LogP contribution >= 0.6 is 0 Å². The van der Waals surface area contributed by atoms with Gasteiger partial charge in [0.05, 0.1) is 24.0 Å². The van der Waals surface area contributed by atoms with Gasteiger partial charge < -0.3 is 14.4 Å². The van der Waals surface area contributed by atoms with Gasteiger partial charge >= 0.3 is 0 Å². The maximum Gasteiger partial charge on any atom is 0.260 e. The fraction of sp³-hybridized carbons (Fsp3) is 0.720. The van der Waals surface area contributed by atoms with Crippen LogP contribution < -0.4 is 9.46 Å². The number of ether oxygens (including phenoxy) is 2. The third-order valence-corrected chi connectivity index (χ3v) is 10.0. The van der Waals surface area contributed by atoms with Crippen molar-refractivity contribution in [3.63, 3.8) is 0 Å². The van der Waals surface area contributed by atoms with Crippen molar-refractivity contribution >= 4 is 15.9 Å². The molecule has 3 fully saturated rings. The quantitative estimate of drug-likeness (QED) is 0.723. The van der Waals surface area contributed by atoms with Crippen LogP contribution in [0.15, 0.2) is 24.3 Å². The Morgan fingerprint density at radius 1 is 0.939 bits per heavy atom. The van der Waals surface area contributed by atoms with Gasteiger partial charge in [-0.2, -0.15) is 0 Å². The lowest BCUT2D eigenvalue weighted by molar-refractivity contribution is -0.140. The molecule has 3 aliphatic heterocycles. The molecule has 0 radical (unpaired) electrons. The van der Waals surface area contributed by atoms with Gasteiger partial charge in [-0.1, -0.05) is 31.0 Å². The van der Waals surface area contributed by atoms with Crippen LogP contribution in [0.25, 0.3) is 0 Å².